The summed E-state index contributed by atoms with van der Waals surface area (Å²) in [5, 5.41) is 6.70. The number of hydrogen-bond donors (Lipinski definition) is 1. The Morgan fingerprint density at radius 2 is 2.38 bits per heavy atom. The van der Waals surface area contributed by atoms with Crippen molar-refractivity contribution in [3.8, 4) is 0 Å². The summed E-state index contributed by atoms with van der Waals surface area (Å²) >= 11 is 6.97. The van der Waals surface area contributed by atoms with Crippen LogP contribution in [-0.4, -0.2) is 11.5 Å². The van der Waals surface area contributed by atoms with Gasteiger partial charge in [-0.05, 0) is 28.1 Å². The van der Waals surface area contributed by atoms with Crippen molar-refractivity contribution in [3.05, 3.63) is 37.4 Å². The first-order valence-electron chi connectivity index (χ1n) is 5.10. The van der Waals surface area contributed by atoms with Crippen LogP contribution in [0.25, 0.3) is 0 Å². The second-order valence-corrected chi connectivity index (χ2v) is 7.08. The third-order valence-corrected chi connectivity index (χ3v) is 4.88. The molecule has 0 fully saturated rings. The van der Waals surface area contributed by atoms with E-state index in [1.165, 1.54) is 13.7 Å². The molecule has 2 nitrogen and oxygen atoms in total. The van der Waals surface area contributed by atoms with E-state index in [9.17, 15) is 0 Å². The van der Waals surface area contributed by atoms with Gasteiger partial charge in [0.25, 0.3) is 0 Å². The van der Waals surface area contributed by atoms with Crippen molar-refractivity contribution in [3.63, 3.8) is 0 Å². The molecule has 5 heteroatoms. The molecule has 1 N–H and O–H groups in total. The second kappa shape index (κ2) is 5.91. The molecular formula is C11H13BrN2S2. The molecule has 0 spiro atoms. The maximum atomic E-state index is 4.32. The number of rotatable bonds is 5. The van der Waals surface area contributed by atoms with E-state index in [4.69, 9.17) is 0 Å². The summed E-state index contributed by atoms with van der Waals surface area (Å²) in [7, 11) is 0. The Morgan fingerprint density at radius 1 is 1.50 bits per heavy atom. The Bertz CT molecular complexity index is 425. The maximum Gasteiger partial charge on any atom is 0.0965 e. The van der Waals surface area contributed by atoms with Gasteiger partial charge in [0, 0.05) is 35.5 Å². The van der Waals surface area contributed by atoms with E-state index < -0.39 is 0 Å². The van der Waals surface area contributed by atoms with Crippen LogP contribution in [0.3, 0.4) is 0 Å². The first-order valence-corrected chi connectivity index (χ1v) is 7.59. The number of hydrogen-bond acceptors (Lipinski definition) is 4. The standard InChI is InChI=1S/C11H13BrN2S2/c1-8(11-14-4-5-15-11)6-13-7-9-2-3-10(12)16-9/h2-5,8,13H,6-7H2,1H3. The highest BCUT2D eigenvalue weighted by Gasteiger charge is 2.07. The molecule has 2 aromatic rings. The van der Waals surface area contributed by atoms with Gasteiger partial charge < -0.3 is 5.32 Å². The largest absolute Gasteiger partial charge is 0.311 e. The summed E-state index contributed by atoms with van der Waals surface area (Å²) < 4.78 is 1.19. The second-order valence-electron chi connectivity index (χ2n) is 3.61. The average Bonchev–Trinajstić information content (AvgIpc) is 2.89. The molecule has 86 valence electrons. The van der Waals surface area contributed by atoms with Gasteiger partial charge in [-0.1, -0.05) is 6.92 Å². The quantitative estimate of drug-likeness (QED) is 0.906. The van der Waals surface area contributed by atoms with Crippen LogP contribution >= 0.6 is 38.6 Å². The highest BCUT2D eigenvalue weighted by atomic mass is 79.9. The SMILES string of the molecule is CC(CNCc1ccc(Br)s1)c1nccs1. The van der Waals surface area contributed by atoms with Crippen molar-refractivity contribution < 1.29 is 0 Å². The first-order chi connectivity index (χ1) is 7.75. The van der Waals surface area contributed by atoms with Crippen molar-refractivity contribution in [2.24, 2.45) is 0 Å². The Balaban J connectivity index is 1.76. The number of nitrogens with zero attached hydrogens (tertiary/aromatic N) is 1. The van der Waals surface area contributed by atoms with E-state index in [1.54, 1.807) is 22.7 Å². The Hall–Kier alpha value is -0.230. The Kier molecular flexibility index (Phi) is 4.52. The van der Waals surface area contributed by atoms with Gasteiger partial charge >= 0.3 is 0 Å². The molecule has 0 aliphatic heterocycles. The van der Waals surface area contributed by atoms with E-state index in [0.717, 1.165) is 13.1 Å². The van der Waals surface area contributed by atoms with Gasteiger partial charge in [-0.25, -0.2) is 4.98 Å². The topological polar surface area (TPSA) is 24.9 Å². The number of nitrogens with one attached hydrogen (secondary N) is 1. The molecule has 2 aromatic heterocycles. The zero-order valence-corrected chi connectivity index (χ0v) is 12.2. The van der Waals surface area contributed by atoms with Gasteiger partial charge in [0.1, 0.15) is 0 Å². The Labute approximate surface area is 112 Å². The summed E-state index contributed by atoms with van der Waals surface area (Å²) in [6.45, 7) is 4.12. The predicted octanol–water partition coefficient (Wildman–Crippen LogP) is 3.86. The summed E-state index contributed by atoms with van der Waals surface area (Å²) in [6, 6.07) is 4.24. The molecule has 2 heterocycles. The van der Waals surface area contributed by atoms with Crippen LogP contribution in [-0.2, 0) is 6.54 Å². The highest BCUT2D eigenvalue weighted by molar-refractivity contribution is 9.11. The maximum absolute atomic E-state index is 4.32. The minimum Gasteiger partial charge on any atom is -0.311 e. The molecule has 0 saturated heterocycles. The molecular weight excluding hydrogens is 304 g/mol. The van der Waals surface area contributed by atoms with Crippen molar-refractivity contribution in [1.29, 1.82) is 0 Å². The lowest BCUT2D eigenvalue weighted by molar-refractivity contribution is 0.616. The first kappa shape index (κ1) is 12.2. The zero-order valence-electron chi connectivity index (χ0n) is 8.94. The number of thiophene rings is 1. The van der Waals surface area contributed by atoms with Gasteiger partial charge in [0.05, 0.1) is 8.79 Å². The third kappa shape index (κ3) is 3.38. The predicted molar refractivity (Wildman–Crippen MR) is 74.3 cm³/mol. The molecule has 16 heavy (non-hydrogen) atoms. The van der Waals surface area contributed by atoms with Gasteiger partial charge in [0.2, 0.25) is 0 Å². The normalized spacial score (nSPS) is 12.9. The fraction of sp³-hybridized carbons (Fsp3) is 0.364. The van der Waals surface area contributed by atoms with E-state index in [-0.39, 0.29) is 0 Å². The van der Waals surface area contributed by atoms with Gasteiger partial charge in [-0.2, -0.15) is 0 Å². The molecule has 0 aromatic carbocycles. The van der Waals surface area contributed by atoms with Crippen molar-refractivity contribution in [2.45, 2.75) is 19.4 Å². The lowest BCUT2D eigenvalue weighted by atomic mass is 10.2. The molecule has 0 bridgehead atoms. The molecule has 0 radical (unpaired) electrons. The highest BCUT2D eigenvalue weighted by Crippen LogP contribution is 2.22. The van der Waals surface area contributed by atoms with Crippen LogP contribution < -0.4 is 5.32 Å². The molecule has 2 rings (SSSR count). The summed E-state index contributed by atoms with van der Waals surface area (Å²) in [6.07, 6.45) is 1.87. The monoisotopic (exact) mass is 316 g/mol. The molecule has 1 atom stereocenters. The van der Waals surface area contributed by atoms with Crippen LogP contribution in [0.15, 0.2) is 27.5 Å². The number of thiazole rings is 1. The Morgan fingerprint density at radius 3 is 3.00 bits per heavy atom. The van der Waals surface area contributed by atoms with Crippen LogP contribution in [0.4, 0.5) is 0 Å². The number of halogens is 1. The van der Waals surface area contributed by atoms with E-state index in [2.05, 4.69) is 45.3 Å². The minimum absolute atomic E-state index is 0.489. The van der Waals surface area contributed by atoms with Crippen molar-refractivity contribution >= 4 is 38.6 Å². The summed E-state index contributed by atoms with van der Waals surface area (Å²) in [5.74, 6) is 0.489. The smallest absolute Gasteiger partial charge is 0.0965 e. The van der Waals surface area contributed by atoms with Crippen LogP contribution in [0, 0.1) is 0 Å². The van der Waals surface area contributed by atoms with E-state index in [0.29, 0.717) is 5.92 Å². The van der Waals surface area contributed by atoms with Crippen molar-refractivity contribution in [1.82, 2.24) is 10.3 Å². The molecule has 0 aliphatic carbocycles. The average molecular weight is 317 g/mol. The zero-order chi connectivity index (χ0) is 11.4. The van der Waals surface area contributed by atoms with Gasteiger partial charge in [-0.15, -0.1) is 22.7 Å². The summed E-state index contributed by atoms with van der Waals surface area (Å²) in [5.41, 5.74) is 0. The van der Waals surface area contributed by atoms with Gasteiger partial charge in [0.15, 0.2) is 0 Å². The third-order valence-electron chi connectivity index (χ3n) is 2.25. The van der Waals surface area contributed by atoms with Gasteiger partial charge in [-0.3, -0.25) is 0 Å². The molecule has 0 saturated carbocycles. The fourth-order valence-corrected chi connectivity index (χ4v) is 3.58. The lowest BCUT2D eigenvalue weighted by Crippen LogP contribution is -2.18. The van der Waals surface area contributed by atoms with Crippen LogP contribution in [0.2, 0.25) is 0 Å². The number of aromatic nitrogens is 1. The molecule has 0 aliphatic rings. The van der Waals surface area contributed by atoms with Crippen molar-refractivity contribution in [2.75, 3.05) is 6.54 Å². The van der Waals surface area contributed by atoms with Crippen LogP contribution in [0.5, 0.6) is 0 Å². The van der Waals surface area contributed by atoms with Crippen LogP contribution in [0.1, 0.15) is 22.7 Å². The molecule has 1 unspecified atom stereocenters. The molecule has 0 amide bonds. The fourth-order valence-electron chi connectivity index (χ4n) is 1.42. The minimum atomic E-state index is 0.489. The summed E-state index contributed by atoms with van der Waals surface area (Å²) in [4.78, 5) is 5.68. The lowest BCUT2D eigenvalue weighted by Gasteiger charge is -2.08. The van der Waals surface area contributed by atoms with E-state index >= 15 is 0 Å². The van der Waals surface area contributed by atoms with E-state index in [1.807, 2.05) is 11.6 Å².